The van der Waals surface area contributed by atoms with Crippen LogP contribution in [0, 0.1) is 0 Å². The molecule has 0 saturated heterocycles. The summed E-state index contributed by atoms with van der Waals surface area (Å²) in [6.45, 7) is 3.51. The lowest BCUT2D eigenvalue weighted by Gasteiger charge is -2.27. The van der Waals surface area contributed by atoms with Crippen molar-refractivity contribution in [2.75, 3.05) is 7.11 Å². The SMILES string of the molecule is CCCCC/C=C\C[C@@]1(OC(C)=O)C=CC(=O)C1=C/C=C\CCCC(=O)OC. The molecule has 0 radical (unpaired) electrons. The summed E-state index contributed by atoms with van der Waals surface area (Å²) in [7, 11) is 1.37. The Bertz CT molecular complexity index is 654. The average Bonchev–Trinajstić information content (AvgIpc) is 2.96. The highest BCUT2D eigenvalue weighted by Gasteiger charge is 2.41. The lowest BCUT2D eigenvalue weighted by Crippen LogP contribution is -2.33. The molecule has 0 amide bonds. The number of allylic oxidation sites excluding steroid dienone is 5. The first-order valence-corrected chi connectivity index (χ1v) is 9.97. The fourth-order valence-electron chi connectivity index (χ4n) is 3.00. The predicted octanol–water partition coefficient (Wildman–Crippen LogP) is 4.78. The van der Waals surface area contributed by atoms with Crippen LogP contribution in [0.15, 0.2) is 48.1 Å². The van der Waals surface area contributed by atoms with Crippen LogP contribution in [0.3, 0.4) is 0 Å². The van der Waals surface area contributed by atoms with Crippen LogP contribution in [-0.2, 0) is 23.9 Å². The largest absolute Gasteiger partial charge is 0.469 e. The molecule has 1 aliphatic rings. The minimum atomic E-state index is -1.04. The Morgan fingerprint density at radius 1 is 1.11 bits per heavy atom. The number of rotatable bonds is 12. The molecule has 28 heavy (non-hydrogen) atoms. The maximum Gasteiger partial charge on any atom is 0.305 e. The zero-order valence-electron chi connectivity index (χ0n) is 17.2. The molecular weight excluding hydrogens is 356 g/mol. The van der Waals surface area contributed by atoms with Crippen molar-refractivity contribution in [3.05, 3.63) is 48.1 Å². The molecule has 0 spiro atoms. The first-order chi connectivity index (χ1) is 13.4. The van der Waals surface area contributed by atoms with Gasteiger partial charge in [-0.1, -0.05) is 50.1 Å². The van der Waals surface area contributed by atoms with Crippen molar-refractivity contribution < 1.29 is 23.9 Å². The third kappa shape index (κ3) is 8.07. The van der Waals surface area contributed by atoms with Crippen molar-refractivity contribution in [3.8, 4) is 0 Å². The van der Waals surface area contributed by atoms with Crippen LogP contribution in [0.25, 0.3) is 0 Å². The Kier molecular flexibility index (Phi) is 10.8. The van der Waals surface area contributed by atoms with Gasteiger partial charge >= 0.3 is 11.9 Å². The fourth-order valence-corrected chi connectivity index (χ4v) is 3.00. The summed E-state index contributed by atoms with van der Waals surface area (Å²) in [6.07, 6.45) is 19.2. The second-order valence-corrected chi connectivity index (χ2v) is 6.83. The molecule has 0 heterocycles. The standard InChI is InChI=1S/C23H32O5/c1-4-5-6-7-10-13-17-23(28-19(2)24)18-16-21(25)20(23)14-11-8-9-12-15-22(26)27-3/h8,10-11,13-14,16,18H,4-7,9,12,15,17H2,1-3H3/b11-8-,13-10-,20-14?/t23-/m1/s1. The van der Waals surface area contributed by atoms with E-state index in [0.29, 0.717) is 31.3 Å². The molecule has 0 aromatic rings. The molecule has 0 N–H and O–H groups in total. The first kappa shape index (κ1) is 23.6. The summed E-state index contributed by atoms with van der Waals surface area (Å²) >= 11 is 0. The van der Waals surface area contributed by atoms with Gasteiger partial charge < -0.3 is 9.47 Å². The first-order valence-electron chi connectivity index (χ1n) is 9.97. The lowest BCUT2D eigenvalue weighted by atomic mass is 9.91. The highest BCUT2D eigenvalue weighted by Crippen LogP contribution is 2.34. The molecule has 0 aromatic carbocycles. The maximum absolute atomic E-state index is 12.3. The van der Waals surface area contributed by atoms with Crippen LogP contribution in [-0.4, -0.2) is 30.4 Å². The van der Waals surface area contributed by atoms with E-state index < -0.39 is 11.6 Å². The summed E-state index contributed by atoms with van der Waals surface area (Å²) in [6, 6.07) is 0. The Morgan fingerprint density at radius 2 is 1.86 bits per heavy atom. The van der Waals surface area contributed by atoms with E-state index >= 15 is 0 Å². The van der Waals surface area contributed by atoms with Crippen LogP contribution >= 0.6 is 0 Å². The van der Waals surface area contributed by atoms with E-state index in [1.807, 2.05) is 12.2 Å². The topological polar surface area (TPSA) is 69.7 Å². The van der Waals surface area contributed by atoms with E-state index in [1.165, 1.54) is 33.0 Å². The molecule has 5 nitrogen and oxygen atoms in total. The smallest absolute Gasteiger partial charge is 0.305 e. The van der Waals surface area contributed by atoms with Gasteiger partial charge in [-0.05, 0) is 37.8 Å². The minimum absolute atomic E-state index is 0.153. The summed E-state index contributed by atoms with van der Waals surface area (Å²) in [5, 5.41) is 0. The van der Waals surface area contributed by atoms with Gasteiger partial charge in [0.2, 0.25) is 0 Å². The van der Waals surface area contributed by atoms with E-state index in [0.717, 1.165) is 12.8 Å². The van der Waals surface area contributed by atoms with E-state index in [4.69, 9.17) is 4.74 Å². The molecular formula is C23H32O5. The van der Waals surface area contributed by atoms with Gasteiger partial charge in [0, 0.05) is 25.3 Å². The van der Waals surface area contributed by atoms with Crippen molar-refractivity contribution in [2.24, 2.45) is 0 Å². The number of carbonyl (C=O) groups is 3. The van der Waals surface area contributed by atoms with Crippen molar-refractivity contribution in [1.82, 2.24) is 0 Å². The van der Waals surface area contributed by atoms with Gasteiger partial charge in [-0.3, -0.25) is 14.4 Å². The van der Waals surface area contributed by atoms with Crippen LogP contribution in [0.4, 0.5) is 0 Å². The van der Waals surface area contributed by atoms with E-state index in [-0.39, 0.29) is 11.8 Å². The predicted molar refractivity (Wildman–Crippen MR) is 110 cm³/mol. The Balaban J connectivity index is 2.79. The molecule has 0 aliphatic heterocycles. The zero-order valence-corrected chi connectivity index (χ0v) is 17.2. The van der Waals surface area contributed by atoms with Crippen molar-refractivity contribution >= 4 is 17.7 Å². The molecule has 0 fully saturated rings. The Morgan fingerprint density at radius 3 is 2.54 bits per heavy atom. The quantitative estimate of drug-likeness (QED) is 0.208. The third-order valence-electron chi connectivity index (χ3n) is 4.49. The Hall–Kier alpha value is -2.43. The van der Waals surface area contributed by atoms with Crippen molar-refractivity contribution in [2.45, 2.75) is 70.8 Å². The van der Waals surface area contributed by atoms with Crippen LogP contribution in [0.1, 0.15) is 65.2 Å². The molecule has 0 saturated carbocycles. The summed E-state index contributed by atoms with van der Waals surface area (Å²) in [4.78, 5) is 35.1. The van der Waals surface area contributed by atoms with Crippen LogP contribution in [0.2, 0.25) is 0 Å². The van der Waals surface area contributed by atoms with Gasteiger partial charge in [-0.25, -0.2) is 0 Å². The molecule has 0 aromatic heterocycles. The number of hydrogen-bond acceptors (Lipinski definition) is 5. The molecule has 5 heteroatoms. The summed E-state index contributed by atoms with van der Waals surface area (Å²) < 4.78 is 10.2. The zero-order chi connectivity index (χ0) is 20.8. The number of ketones is 1. The highest BCUT2D eigenvalue weighted by molar-refractivity contribution is 6.09. The number of hydrogen-bond donors (Lipinski definition) is 0. The monoisotopic (exact) mass is 388 g/mol. The van der Waals surface area contributed by atoms with Gasteiger partial charge in [0.25, 0.3) is 0 Å². The number of unbranched alkanes of at least 4 members (excludes halogenated alkanes) is 4. The number of esters is 2. The van der Waals surface area contributed by atoms with Gasteiger partial charge in [-0.15, -0.1) is 0 Å². The van der Waals surface area contributed by atoms with Gasteiger partial charge in [0.05, 0.1) is 7.11 Å². The van der Waals surface area contributed by atoms with Gasteiger partial charge in [-0.2, -0.15) is 0 Å². The maximum atomic E-state index is 12.3. The molecule has 154 valence electrons. The second kappa shape index (κ2) is 12.9. The van der Waals surface area contributed by atoms with Crippen molar-refractivity contribution in [1.29, 1.82) is 0 Å². The summed E-state index contributed by atoms with van der Waals surface area (Å²) in [5.41, 5.74) is -0.592. The number of methoxy groups -OCH3 is 1. The Labute approximate surface area is 168 Å². The number of carbonyl (C=O) groups excluding carboxylic acids is 3. The molecule has 1 aliphatic carbocycles. The van der Waals surface area contributed by atoms with Crippen molar-refractivity contribution in [3.63, 3.8) is 0 Å². The normalized spacial score (nSPS) is 20.5. The van der Waals surface area contributed by atoms with Gasteiger partial charge in [0.1, 0.15) is 0 Å². The highest BCUT2D eigenvalue weighted by atomic mass is 16.6. The van der Waals surface area contributed by atoms with E-state index in [2.05, 4.69) is 17.7 Å². The van der Waals surface area contributed by atoms with Gasteiger partial charge in [0.15, 0.2) is 11.4 Å². The summed E-state index contributed by atoms with van der Waals surface area (Å²) in [5.74, 6) is -0.812. The molecule has 1 atom stereocenters. The van der Waals surface area contributed by atoms with Crippen LogP contribution < -0.4 is 0 Å². The molecule has 1 rings (SSSR count). The number of ether oxygens (including phenoxy) is 2. The minimum Gasteiger partial charge on any atom is -0.469 e. The molecule has 0 bridgehead atoms. The lowest BCUT2D eigenvalue weighted by molar-refractivity contribution is -0.149. The second-order valence-electron chi connectivity index (χ2n) is 6.83. The fraction of sp³-hybridized carbons (Fsp3) is 0.522. The molecule has 0 unspecified atom stereocenters. The van der Waals surface area contributed by atoms with E-state index in [1.54, 1.807) is 18.2 Å². The van der Waals surface area contributed by atoms with Crippen LogP contribution in [0.5, 0.6) is 0 Å². The average molecular weight is 389 g/mol. The third-order valence-corrected chi connectivity index (χ3v) is 4.49. The van der Waals surface area contributed by atoms with E-state index in [9.17, 15) is 14.4 Å².